The van der Waals surface area contributed by atoms with Crippen molar-refractivity contribution in [1.82, 2.24) is 4.57 Å². The molecule has 0 radical (unpaired) electrons. The van der Waals surface area contributed by atoms with E-state index in [0.29, 0.717) is 11.6 Å². The largest absolute Gasteiger partial charge is 1.00 e. The lowest BCUT2D eigenvalue weighted by Crippen LogP contribution is -3.00. The third-order valence-electron chi connectivity index (χ3n) is 4.76. The first-order valence-corrected chi connectivity index (χ1v) is 9.22. The van der Waals surface area contributed by atoms with Gasteiger partial charge in [0, 0.05) is 16.3 Å². The average molecular weight is 402 g/mol. The summed E-state index contributed by atoms with van der Waals surface area (Å²) in [4.78, 5) is 12.5. The lowest BCUT2D eigenvalue weighted by Gasteiger charge is -2.04. The van der Waals surface area contributed by atoms with Crippen molar-refractivity contribution in [3.05, 3.63) is 71.1 Å². The van der Waals surface area contributed by atoms with Crippen molar-refractivity contribution in [2.24, 2.45) is 0 Å². The van der Waals surface area contributed by atoms with E-state index in [-0.39, 0.29) is 18.3 Å². The molecule has 0 fully saturated rings. The Morgan fingerprint density at radius 3 is 2.74 bits per heavy atom. The highest BCUT2D eigenvalue weighted by Crippen LogP contribution is 2.25. The summed E-state index contributed by atoms with van der Waals surface area (Å²) in [6.45, 7) is 3.39. The number of hydrogen-bond acceptors (Lipinski definition) is 1. The highest BCUT2D eigenvalue weighted by atomic mass is 35.5. The molecule has 4 rings (SSSR count). The molecule has 0 bridgehead atoms. The molecule has 0 aliphatic carbocycles. The molecule has 0 unspecified atom stereocenters. The van der Waals surface area contributed by atoms with Crippen molar-refractivity contribution >= 4 is 23.2 Å². The predicted molar refractivity (Wildman–Crippen MR) is 103 cm³/mol. The van der Waals surface area contributed by atoms with Gasteiger partial charge in [-0.3, -0.25) is 4.79 Å². The van der Waals surface area contributed by atoms with Crippen LogP contribution in [0.2, 0.25) is 5.02 Å². The standard InChI is InChI=1S/C21H20ClN3O.ClH/c1-15-7-9-16(10-8-15)19-13-24(21-6-3-11-25(19)21)14-20(26)23-18-5-2-4-17(22)12-18;/h2,4-5,7-10,12-13H,3,6,11,14H2,1H3;1H. The number of halogens is 2. The minimum absolute atomic E-state index is 0. The van der Waals surface area contributed by atoms with Crippen molar-refractivity contribution in [2.45, 2.75) is 32.9 Å². The zero-order valence-electron chi connectivity index (χ0n) is 15.1. The molecule has 1 aromatic heterocycles. The average Bonchev–Trinajstić information content (AvgIpc) is 3.20. The number of imidazole rings is 1. The second-order valence-corrected chi connectivity index (χ2v) is 7.17. The Labute approximate surface area is 170 Å². The molecule has 0 saturated carbocycles. The van der Waals surface area contributed by atoms with Gasteiger partial charge in [0.2, 0.25) is 0 Å². The molecule has 0 spiro atoms. The number of rotatable bonds is 4. The molecule has 1 N–H and O–H groups in total. The summed E-state index contributed by atoms with van der Waals surface area (Å²) in [7, 11) is 0. The summed E-state index contributed by atoms with van der Waals surface area (Å²) < 4.78 is 4.40. The van der Waals surface area contributed by atoms with Crippen LogP contribution in [0.1, 0.15) is 17.8 Å². The number of amides is 1. The molecule has 0 atom stereocenters. The SMILES string of the molecule is Cc1ccc(-c2c[n+](CC(=O)Nc3cccc(Cl)c3)c3n2CCC3)cc1.[Cl-]. The molecule has 2 aromatic carbocycles. The minimum Gasteiger partial charge on any atom is -1.00 e. The molecular formula is C21H21Cl2N3O. The summed E-state index contributed by atoms with van der Waals surface area (Å²) >= 11 is 5.99. The molecule has 27 heavy (non-hydrogen) atoms. The van der Waals surface area contributed by atoms with Gasteiger partial charge in [0.05, 0.1) is 13.0 Å². The molecule has 3 aromatic rings. The van der Waals surface area contributed by atoms with Crippen LogP contribution in [-0.2, 0) is 24.3 Å². The molecule has 6 heteroatoms. The fourth-order valence-corrected chi connectivity index (χ4v) is 3.71. The number of carbonyl (C=O) groups excluding carboxylic acids is 1. The molecule has 1 aliphatic heterocycles. The third kappa shape index (κ3) is 4.18. The number of benzene rings is 2. The van der Waals surface area contributed by atoms with Crippen LogP contribution in [0.4, 0.5) is 5.69 Å². The van der Waals surface area contributed by atoms with Gasteiger partial charge >= 0.3 is 0 Å². The van der Waals surface area contributed by atoms with Crippen LogP contribution in [0.3, 0.4) is 0 Å². The Morgan fingerprint density at radius 1 is 1.22 bits per heavy atom. The first-order chi connectivity index (χ1) is 12.6. The van der Waals surface area contributed by atoms with E-state index in [0.717, 1.165) is 25.1 Å². The third-order valence-corrected chi connectivity index (χ3v) is 5.00. The minimum atomic E-state index is -0.0481. The Bertz CT molecular complexity index is 964. The van der Waals surface area contributed by atoms with Crippen molar-refractivity contribution in [2.75, 3.05) is 5.32 Å². The maximum absolute atomic E-state index is 12.5. The fraction of sp³-hybridized carbons (Fsp3) is 0.238. The van der Waals surface area contributed by atoms with Gasteiger partial charge in [0.15, 0.2) is 12.2 Å². The van der Waals surface area contributed by atoms with Crippen LogP contribution in [0.15, 0.2) is 54.7 Å². The van der Waals surface area contributed by atoms with E-state index >= 15 is 0 Å². The first kappa shape index (κ1) is 19.5. The van der Waals surface area contributed by atoms with Gasteiger partial charge < -0.3 is 17.7 Å². The van der Waals surface area contributed by atoms with Crippen LogP contribution in [0.5, 0.6) is 0 Å². The van der Waals surface area contributed by atoms with E-state index in [1.54, 1.807) is 12.1 Å². The molecule has 0 saturated heterocycles. The number of nitrogens with zero attached hydrogens (tertiary/aromatic N) is 2. The topological polar surface area (TPSA) is 37.9 Å². The highest BCUT2D eigenvalue weighted by molar-refractivity contribution is 6.30. The van der Waals surface area contributed by atoms with E-state index in [1.165, 1.54) is 22.6 Å². The Morgan fingerprint density at radius 2 is 2.00 bits per heavy atom. The number of hydrogen-bond donors (Lipinski definition) is 1. The van der Waals surface area contributed by atoms with E-state index in [4.69, 9.17) is 11.6 Å². The highest BCUT2D eigenvalue weighted by Gasteiger charge is 2.29. The number of aromatic nitrogens is 2. The van der Waals surface area contributed by atoms with E-state index in [1.807, 2.05) is 12.1 Å². The van der Waals surface area contributed by atoms with E-state index < -0.39 is 0 Å². The second-order valence-electron chi connectivity index (χ2n) is 6.74. The normalized spacial score (nSPS) is 12.4. The Kier molecular flexibility index (Phi) is 5.88. The van der Waals surface area contributed by atoms with E-state index in [2.05, 4.69) is 51.8 Å². The first-order valence-electron chi connectivity index (χ1n) is 8.84. The van der Waals surface area contributed by atoms with Gasteiger partial charge in [0.25, 0.3) is 11.7 Å². The van der Waals surface area contributed by atoms with Crippen molar-refractivity contribution < 1.29 is 21.8 Å². The summed E-state index contributed by atoms with van der Waals surface area (Å²) in [6, 6.07) is 15.8. The lowest BCUT2D eigenvalue weighted by atomic mass is 10.1. The number of nitrogens with one attached hydrogen (secondary N) is 1. The van der Waals surface area contributed by atoms with Gasteiger partial charge in [-0.1, -0.05) is 47.5 Å². The van der Waals surface area contributed by atoms with Gasteiger partial charge in [-0.15, -0.1) is 0 Å². The zero-order chi connectivity index (χ0) is 18.1. The van der Waals surface area contributed by atoms with E-state index in [9.17, 15) is 4.79 Å². The zero-order valence-corrected chi connectivity index (χ0v) is 16.6. The van der Waals surface area contributed by atoms with Crippen LogP contribution in [-0.4, -0.2) is 10.5 Å². The maximum Gasteiger partial charge on any atom is 0.266 e. The summed E-state index contributed by atoms with van der Waals surface area (Å²) in [5.74, 6) is 1.16. The predicted octanol–water partition coefficient (Wildman–Crippen LogP) is 0.993. The number of anilines is 1. The number of fused-ring (bicyclic) bond motifs is 1. The lowest BCUT2D eigenvalue weighted by molar-refractivity contribution is -0.690. The van der Waals surface area contributed by atoms with Crippen molar-refractivity contribution in [3.63, 3.8) is 0 Å². The van der Waals surface area contributed by atoms with Gasteiger partial charge in [-0.05, 0) is 31.5 Å². The fourth-order valence-electron chi connectivity index (χ4n) is 3.52. The Balaban J connectivity index is 0.00000210. The molecule has 1 amide bonds. The van der Waals surface area contributed by atoms with Gasteiger partial charge in [-0.25, -0.2) is 9.13 Å². The van der Waals surface area contributed by atoms with Crippen molar-refractivity contribution in [3.8, 4) is 11.3 Å². The summed E-state index contributed by atoms with van der Waals surface area (Å²) in [5.41, 5.74) is 4.33. The van der Waals surface area contributed by atoms with Crippen molar-refractivity contribution in [1.29, 1.82) is 0 Å². The molecule has 2 heterocycles. The van der Waals surface area contributed by atoms with Crippen LogP contribution in [0.25, 0.3) is 11.3 Å². The quantitative estimate of drug-likeness (QED) is 0.650. The van der Waals surface area contributed by atoms with Gasteiger partial charge in [-0.2, -0.15) is 0 Å². The summed E-state index contributed by atoms with van der Waals surface area (Å²) in [5, 5.41) is 3.54. The van der Waals surface area contributed by atoms with Crippen LogP contribution >= 0.6 is 11.6 Å². The van der Waals surface area contributed by atoms with Gasteiger partial charge in [0.1, 0.15) is 6.20 Å². The molecule has 4 nitrogen and oxygen atoms in total. The smallest absolute Gasteiger partial charge is 0.266 e. The molecule has 1 aliphatic rings. The molecule has 140 valence electrons. The monoisotopic (exact) mass is 401 g/mol. The van der Waals surface area contributed by atoms with Crippen LogP contribution in [0, 0.1) is 6.92 Å². The maximum atomic E-state index is 12.5. The summed E-state index contributed by atoms with van der Waals surface area (Å²) in [6.07, 6.45) is 4.21. The number of aryl methyl sites for hydroxylation is 1. The van der Waals surface area contributed by atoms with Crippen LogP contribution < -0.4 is 22.3 Å². The number of carbonyl (C=O) groups is 1. The Hall–Kier alpha value is -2.30. The second kappa shape index (κ2) is 8.15. The molecular weight excluding hydrogens is 381 g/mol.